The number of carbonyl (C=O) groups is 1. The third-order valence-corrected chi connectivity index (χ3v) is 9.59. The van der Waals surface area contributed by atoms with Gasteiger partial charge in [0.15, 0.2) is 0 Å². The number of rotatable bonds is 8. The van der Waals surface area contributed by atoms with E-state index >= 15 is 0 Å². The lowest BCUT2D eigenvalue weighted by Crippen LogP contribution is -2.27. The number of carboxylic acid groups (broad SMARTS) is 1. The monoisotopic (exact) mass is 568 g/mol. The van der Waals surface area contributed by atoms with Crippen LogP contribution in [-0.2, 0) is 31.4 Å². The summed E-state index contributed by atoms with van der Waals surface area (Å²) in [6.45, 7) is 6.87. The van der Waals surface area contributed by atoms with E-state index in [1.54, 1.807) is 16.0 Å². The Kier molecular flexibility index (Phi) is 7.48. The number of nitrogens with zero attached hydrogens (tertiary/aromatic N) is 5. The largest absolute Gasteiger partial charge is 0.481 e. The van der Waals surface area contributed by atoms with Crippen molar-refractivity contribution in [1.29, 1.82) is 0 Å². The fraction of sp³-hybridized carbons (Fsp3) is 0.375. The topological polar surface area (TPSA) is 96.2 Å². The van der Waals surface area contributed by atoms with Gasteiger partial charge in [-0.1, -0.05) is 36.8 Å². The van der Waals surface area contributed by atoms with Crippen molar-refractivity contribution in [3.05, 3.63) is 81.4 Å². The molecule has 5 aromatic rings. The molecule has 8 nitrogen and oxygen atoms in total. The first-order valence-corrected chi connectivity index (χ1v) is 15.1. The molecule has 9 heteroatoms. The summed E-state index contributed by atoms with van der Waals surface area (Å²) in [5, 5.41) is 25.0. The molecule has 0 radical (unpaired) electrons. The van der Waals surface area contributed by atoms with Crippen LogP contribution in [0.4, 0.5) is 5.82 Å². The van der Waals surface area contributed by atoms with Gasteiger partial charge in [-0.2, -0.15) is 0 Å². The molecule has 212 valence electrons. The first-order valence-electron chi connectivity index (χ1n) is 14.2. The third kappa shape index (κ3) is 5.31. The minimum absolute atomic E-state index is 0.00735. The van der Waals surface area contributed by atoms with Gasteiger partial charge in [0.05, 0.1) is 17.6 Å². The van der Waals surface area contributed by atoms with E-state index in [1.807, 2.05) is 27.1 Å². The van der Waals surface area contributed by atoms with Crippen molar-refractivity contribution in [2.24, 2.45) is 13.0 Å². The van der Waals surface area contributed by atoms with Gasteiger partial charge in [0.1, 0.15) is 11.3 Å². The van der Waals surface area contributed by atoms with Gasteiger partial charge >= 0.3 is 5.97 Å². The number of thiophene rings is 1. The van der Waals surface area contributed by atoms with Crippen LogP contribution in [0.2, 0.25) is 0 Å². The van der Waals surface area contributed by atoms with Crippen LogP contribution in [0, 0.1) is 12.8 Å². The Bertz CT molecular complexity index is 1740. The maximum absolute atomic E-state index is 12.2. The first-order chi connectivity index (χ1) is 19.8. The minimum atomic E-state index is -0.818. The fourth-order valence-corrected chi connectivity index (χ4v) is 7.24. The Labute approximate surface area is 244 Å². The van der Waals surface area contributed by atoms with Crippen LogP contribution in [0.25, 0.3) is 21.1 Å². The van der Waals surface area contributed by atoms with Gasteiger partial charge in [-0.25, -0.2) is 9.67 Å². The molecular weight excluding hydrogens is 532 g/mol. The van der Waals surface area contributed by atoms with E-state index in [4.69, 9.17) is 4.98 Å². The van der Waals surface area contributed by atoms with E-state index in [0.717, 1.165) is 77.1 Å². The quantitative estimate of drug-likeness (QED) is 0.233. The van der Waals surface area contributed by atoms with Crippen LogP contribution >= 0.6 is 11.3 Å². The number of aryl methyl sites for hydroxylation is 2. The van der Waals surface area contributed by atoms with E-state index < -0.39 is 5.97 Å². The van der Waals surface area contributed by atoms with Crippen molar-refractivity contribution >= 4 is 44.2 Å². The Morgan fingerprint density at radius 2 is 2.07 bits per heavy atom. The fourth-order valence-electron chi connectivity index (χ4n) is 6.35. The Morgan fingerprint density at radius 1 is 1.22 bits per heavy atom. The van der Waals surface area contributed by atoms with Crippen LogP contribution in [0.15, 0.2) is 47.8 Å². The summed E-state index contributed by atoms with van der Waals surface area (Å²) >= 11 is 1.75. The second-order valence-electron chi connectivity index (χ2n) is 11.2. The molecule has 1 aliphatic rings. The summed E-state index contributed by atoms with van der Waals surface area (Å²) in [6.07, 6.45) is 2.16. The number of carboxylic acids is 1. The first kappa shape index (κ1) is 27.4. The van der Waals surface area contributed by atoms with E-state index in [1.165, 1.54) is 15.8 Å². The second-order valence-corrected chi connectivity index (χ2v) is 12.1. The molecule has 0 saturated heterocycles. The molecule has 0 spiro atoms. The molecule has 0 bridgehead atoms. The number of aliphatic carboxylic acids is 1. The average Bonchev–Trinajstić information content (AvgIpc) is 3.55. The van der Waals surface area contributed by atoms with Crippen molar-refractivity contribution in [3.8, 4) is 0 Å². The predicted molar refractivity (Wildman–Crippen MR) is 165 cm³/mol. The van der Waals surface area contributed by atoms with Crippen molar-refractivity contribution in [2.45, 2.75) is 52.1 Å². The van der Waals surface area contributed by atoms with Gasteiger partial charge < -0.3 is 10.4 Å². The van der Waals surface area contributed by atoms with Crippen LogP contribution < -0.4 is 5.32 Å². The van der Waals surface area contributed by atoms with Gasteiger partial charge in [0.25, 0.3) is 0 Å². The lowest BCUT2D eigenvalue weighted by Gasteiger charge is -2.25. The molecular formula is C32H36N6O2S. The number of pyridine rings is 1. The molecule has 0 amide bonds. The van der Waals surface area contributed by atoms with E-state index in [0.29, 0.717) is 5.92 Å². The Balaban J connectivity index is 1.41. The molecule has 41 heavy (non-hydrogen) atoms. The molecule has 0 unspecified atom stereocenters. The number of benzene rings is 2. The van der Waals surface area contributed by atoms with E-state index in [-0.39, 0.29) is 12.3 Å². The number of nitrogens with one attached hydrogen (secondary N) is 1. The zero-order chi connectivity index (χ0) is 28.7. The molecule has 4 heterocycles. The van der Waals surface area contributed by atoms with E-state index in [9.17, 15) is 9.90 Å². The standard InChI is InChI=1S/C32H36N6O2S/c1-5-20-12-21-6-9-29(33-3)34-27(21)18-38(16-20)17-24-14-23(13-22-10-11-41-32(22)24)26(15-30(39)40)25-7-8-28-31(19(25)2)35-36-37(28)4/h6-11,13-14,20,26H,5,12,15-18H2,1-4H3,(H,33,34)(H,39,40)/t20-,26+/m0/s1. The summed E-state index contributed by atoms with van der Waals surface area (Å²) in [5.41, 5.74) is 8.47. The van der Waals surface area contributed by atoms with Crippen LogP contribution in [0.1, 0.15) is 59.2 Å². The summed E-state index contributed by atoms with van der Waals surface area (Å²) in [4.78, 5) is 19.6. The third-order valence-electron chi connectivity index (χ3n) is 8.58. The summed E-state index contributed by atoms with van der Waals surface area (Å²) in [5.74, 6) is 0.340. The Hall–Kier alpha value is -3.82. The summed E-state index contributed by atoms with van der Waals surface area (Å²) in [6, 6.07) is 14.9. The number of hydrogen-bond acceptors (Lipinski definition) is 7. The maximum atomic E-state index is 12.2. The van der Waals surface area contributed by atoms with Gasteiger partial charge in [0.2, 0.25) is 0 Å². The highest BCUT2D eigenvalue weighted by atomic mass is 32.1. The maximum Gasteiger partial charge on any atom is 0.304 e. The highest BCUT2D eigenvalue weighted by Crippen LogP contribution is 2.38. The second kappa shape index (κ2) is 11.2. The van der Waals surface area contributed by atoms with E-state index in [2.05, 4.69) is 69.2 Å². The zero-order valence-electron chi connectivity index (χ0n) is 24.0. The van der Waals surface area contributed by atoms with Crippen LogP contribution in [0.5, 0.6) is 0 Å². The van der Waals surface area contributed by atoms with Gasteiger partial charge in [-0.05, 0) is 82.1 Å². The van der Waals surface area contributed by atoms with Crippen molar-refractivity contribution < 1.29 is 9.90 Å². The highest BCUT2D eigenvalue weighted by Gasteiger charge is 2.26. The lowest BCUT2D eigenvalue weighted by atomic mass is 9.84. The average molecular weight is 569 g/mol. The highest BCUT2D eigenvalue weighted by molar-refractivity contribution is 7.17. The predicted octanol–water partition coefficient (Wildman–Crippen LogP) is 6.12. The molecule has 3 aromatic heterocycles. The SMILES string of the molecule is CC[C@H]1Cc2ccc(NC)nc2CN(Cc2cc([C@@H](CC(=O)O)c3ccc4c(nnn4C)c3C)cc3ccsc23)C1. The molecule has 0 fully saturated rings. The minimum Gasteiger partial charge on any atom is -0.481 e. The van der Waals surface area contributed by atoms with Crippen molar-refractivity contribution in [1.82, 2.24) is 24.9 Å². The molecule has 6 rings (SSSR count). The number of hydrogen-bond donors (Lipinski definition) is 2. The van der Waals surface area contributed by atoms with Crippen LogP contribution in [-0.4, -0.2) is 49.5 Å². The van der Waals surface area contributed by atoms with Gasteiger partial charge in [0, 0.05) is 44.3 Å². The normalized spacial score (nSPS) is 16.5. The Morgan fingerprint density at radius 3 is 2.85 bits per heavy atom. The molecule has 2 atom stereocenters. The molecule has 0 saturated carbocycles. The van der Waals surface area contributed by atoms with Gasteiger partial charge in [-0.3, -0.25) is 9.69 Å². The van der Waals surface area contributed by atoms with Crippen molar-refractivity contribution in [2.75, 3.05) is 18.9 Å². The molecule has 2 aromatic carbocycles. The van der Waals surface area contributed by atoms with Gasteiger partial charge in [-0.15, -0.1) is 16.4 Å². The number of aromatic nitrogens is 4. The zero-order valence-corrected chi connectivity index (χ0v) is 24.8. The smallest absolute Gasteiger partial charge is 0.304 e. The van der Waals surface area contributed by atoms with Crippen molar-refractivity contribution in [3.63, 3.8) is 0 Å². The molecule has 2 N–H and O–H groups in total. The molecule has 0 aliphatic carbocycles. The summed E-state index contributed by atoms with van der Waals surface area (Å²) in [7, 11) is 3.79. The molecule has 1 aliphatic heterocycles. The number of anilines is 1. The van der Waals surface area contributed by atoms with Crippen LogP contribution in [0.3, 0.4) is 0 Å². The lowest BCUT2D eigenvalue weighted by molar-refractivity contribution is -0.137. The number of fused-ring (bicyclic) bond motifs is 3. The summed E-state index contributed by atoms with van der Waals surface area (Å²) < 4.78 is 3.02.